The second-order valence-corrected chi connectivity index (χ2v) is 7.59. The molecule has 0 bridgehead atoms. The van der Waals surface area contributed by atoms with Crippen LogP contribution in [0, 0.1) is 0 Å². The molecule has 3 atom stereocenters. The van der Waals surface area contributed by atoms with Gasteiger partial charge in [-0.3, -0.25) is 0 Å². The van der Waals surface area contributed by atoms with Crippen molar-refractivity contribution in [1.29, 1.82) is 0 Å². The average Bonchev–Trinajstić information content (AvgIpc) is 3.10. The Morgan fingerprint density at radius 2 is 1.83 bits per heavy atom. The third-order valence-electron chi connectivity index (χ3n) is 5.20. The topological polar surface area (TPSA) is 51.7 Å². The number of rotatable bonds is 7. The fraction of sp³-hybridized carbons (Fsp3) is 0.455. The molecular weight excluding hydrogens is 397 g/mol. The van der Waals surface area contributed by atoms with E-state index in [1.165, 1.54) is 6.07 Å². The highest BCUT2D eigenvalue weighted by molar-refractivity contribution is 5.76. The molecule has 30 heavy (non-hydrogen) atoms. The number of nitrogens with zero attached hydrogens (tertiary/aromatic N) is 2. The molecule has 5 nitrogen and oxygen atoms in total. The highest BCUT2D eigenvalue weighted by Crippen LogP contribution is 2.31. The van der Waals surface area contributed by atoms with Gasteiger partial charge in [0.05, 0.1) is 6.54 Å². The predicted molar refractivity (Wildman–Crippen MR) is 107 cm³/mol. The van der Waals surface area contributed by atoms with Crippen LogP contribution in [0.15, 0.2) is 42.5 Å². The molecule has 162 valence electrons. The number of Topliss-reactive ketones (excluding diaryl/α,β-unsaturated/α-hetero) is 1. The van der Waals surface area contributed by atoms with Gasteiger partial charge in [0, 0.05) is 20.1 Å². The van der Waals surface area contributed by atoms with Crippen LogP contribution >= 0.6 is 0 Å². The van der Waals surface area contributed by atoms with Gasteiger partial charge in [-0.1, -0.05) is 25.1 Å². The molecule has 0 unspecified atom stereocenters. The number of anilines is 1. The summed E-state index contributed by atoms with van der Waals surface area (Å²) in [5, 5.41) is 0. The molecule has 1 aliphatic rings. The predicted octanol–water partition coefficient (Wildman–Crippen LogP) is 4.47. The van der Waals surface area contributed by atoms with Crippen molar-refractivity contribution in [3.8, 4) is 5.75 Å². The summed E-state index contributed by atoms with van der Waals surface area (Å²) in [7, 11) is 1.55. The zero-order valence-electron chi connectivity index (χ0n) is 17.1. The number of carbonyl (C=O) groups excluding carboxylic acids is 1. The van der Waals surface area contributed by atoms with Crippen LogP contribution in [-0.4, -0.2) is 43.2 Å². The zero-order valence-corrected chi connectivity index (χ0v) is 17.1. The van der Waals surface area contributed by atoms with E-state index < -0.39 is 11.9 Å². The maximum atomic E-state index is 13.0. The van der Waals surface area contributed by atoms with Crippen LogP contribution in [0.1, 0.15) is 37.4 Å². The van der Waals surface area contributed by atoms with Crippen LogP contribution in [0.2, 0.25) is 0 Å². The molecule has 8 heteroatoms. The molecule has 0 amide bonds. The van der Waals surface area contributed by atoms with Crippen LogP contribution in [0.5, 0.6) is 5.75 Å². The molecule has 1 aliphatic heterocycles. The maximum absolute atomic E-state index is 13.0. The first-order valence-corrected chi connectivity index (χ1v) is 9.75. The van der Waals surface area contributed by atoms with Gasteiger partial charge in [-0.05, 0) is 42.7 Å². The van der Waals surface area contributed by atoms with Crippen LogP contribution in [0.3, 0.4) is 0 Å². The highest BCUT2D eigenvalue weighted by atomic mass is 19.4. The SMILES string of the molecule is CO[C@@H]1CN(c2cccc(C(F)(F)F)n2)C[C@@H]1Oc1ccc([C@H](C)CC(C)=O)cc1. The van der Waals surface area contributed by atoms with E-state index >= 15 is 0 Å². The first kappa shape index (κ1) is 22.1. The number of halogens is 3. The summed E-state index contributed by atoms with van der Waals surface area (Å²) < 4.78 is 50.5. The monoisotopic (exact) mass is 422 g/mol. The minimum atomic E-state index is -4.49. The summed E-state index contributed by atoms with van der Waals surface area (Å²) in [5.41, 5.74) is 0.121. The third-order valence-corrected chi connectivity index (χ3v) is 5.20. The van der Waals surface area contributed by atoms with Gasteiger partial charge < -0.3 is 19.2 Å². The molecule has 1 saturated heterocycles. The zero-order chi connectivity index (χ0) is 21.9. The lowest BCUT2D eigenvalue weighted by atomic mass is 9.96. The molecular formula is C22H25F3N2O3. The Hall–Kier alpha value is -2.61. The van der Waals surface area contributed by atoms with E-state index in [1.807, 2.05) is 31.2 Å². The van der Waals surface area contributed by atoms with Gasteiger partial charge in [0.25, 0.3) is 0 Å². The lowest BCUT2D eigenvalue weighted by molar-refractivity contribution is -0.141. The molecule has 3 rings (SSSR count). The van der Waals surface area contributed by atoms with Crippen LogP contribution < -0.4 is 9.64 Å². The Balaban J connectivity index is 1.69. The van der Waals surface area contributed by atoms with Gasteiger partial charge in [0.15, 0.2) is 0 Å². The Morgan fingerprint density at radius 1 is 1.17 bits per heavy atom. The Bertz CT molecular complexity index is 871. The number of carbonyl (C=O) groups is 1. The molecule has 0 saturated carbocycles. The van der Waals surface area contributed by atoms with Crippen LogP contribution in [0.25, 0.3) is 0 Å². The number of hydrogen-bond donors (Lipinski definition) is 0. The third kappa shape index (κ3) is 5.30. The number of alkyl halides is 3. The smallest absolute Gasteiger partial charge is 0.433 e. The summed E-state index contributed by atoms with van der Waals surface area (Å²) in [6.07, 6.45) is -4.68. The first-order chi connectivity index (χ1) is 14.2. The number of ether oxygens (including phenoxy) is 2. The number of ketones is 1. The van der Waals surface area contributed by atoms with Crippen molar-refractivity contribution in [1.82, 2.24) is 4.98 Å². The molecule has 2 heterocycles. The van der Waals surface area contributed by atoms with E-state index in [1.54, 1.807) is 25.0 Å². The molecule has 1 aromatic heterocycles. The number of pyridine rings is 1. The van der Waals surface area contributed by atoms with Crippen molar-refractivity contribution in [3.63, 3.8) is 0 Å². The van der Waals surface area contributed by atoms with Crippen molar-refractivity contribution < 1.29 is 27.4 Å². The number of methoxy groups -OCH3 is 1. The first-order valence-electron chi connectivity index (χ1n) is 9.75. The van der Waals surface area contributed by atoms with Gasteiger partial charge in [-0.2, -0.15) is 13.2 Å². The maximum Gasteiger partial charge on any atom is 0.433 e. The average molecular weight is 422 g/mol. The number of benzene rings is 1. The van der Waals surface area contributed by atoms with E-state index in [0.29, 0.717) is 25.3 Å². The standard InChI is InChI=1S/C22H25F3N2O3/c1-14(11-15(2)28)16-7-9-17(10-8-16)30-19-13-27(12-18(19)29-3)21-6-4-5-20(26-21)22(23,24)25/h4-10,14,18-19H,11-13H2,1-3H3/t14-,18-,19+/m1/s1. The highest BCUT2D eigenvalue weighted by Gasteiger charge is 2.37. The van der Waals surface area contributed by atoms with Crippen molar-refractivity contribution >= 4 is 11.6 Å². The van der Waals surface area contributed by atoms with E-state index in [9.17, 15) is 18.0 Å². The normalized spacial score (nSPS) is 20.3. The minimum Gasteiger partial charge on any atom is -0.486 e. The second-order valence-electron chi connectivity index (χ2n) is 7.59. The Morgan fingerprint density at radius 3 is 2.43 bits per heavy atom. The second kappa shape index (κ2) is 9.04. The summed E-state index contributed by atoms with van der Waals surface area (Å²) >= 11 is 0. The summed E-state index contributed by atoms with van der Waals surface area (Å²) in [6.45, 7) is 4.30. The van der Waals surface area contributed by atoms with Crippen LogP contribution in [0.4, 0.5) is 19.0 Å². The molecule has 1 fully saturated rings. The summed E-state index contributed by atoms with van der Waals surface area (Å²) in [4.78, 5) is 16.8. The van der Waals surface area contributed by atoms with Gasteiger partial charge >= 0.3 is 6.18 Å². The molecule has 0 spiro atoms. The molecule has 0 aliphatic carbocycles. The Labute approximate surface area is 173 Å². The van der Waals surface area contributed by atoms with Gasteiger partial charge in [0.2, 0.25) is 0 Å². The quantitative estimate of drug-likeness (QED) is 0.659. The lowest BCUT2D eigenvalue weighted by Crippen LogP contribution is -2.31. The largest absolute Gasteiger partial charge is 0.486 e. The fourth-order valence-corrected chi connectivity index (χ4v) is 3.63. The van der Waals surface area contributed by atoms with Gasteiger partial charge in [-0.25, -0.2) is 4.98 Å². The van der Waals surface area contributed by atoms with Gasteiger partial charge in [-0.15, -0.1) is 0 Å². The molecule has 0 N–H and O–H groups in total. The van der Waals surface area contributed by atoms with E-state index in [2.05, 4.69) is 4.98 Å². The van der Waals surface area contributed by atoms with Crippen molar-refractivity contribution in [2.75, 3.05) is 25.1 Å². The lowest BCUT2D eigenvalue weighted by Gasteiger charge is -2.19. The minimum absolute atomic E-state index is 0.122. The van der Waals surface area contributed by atoms with Crippen molar-refractivity contribution in [2.45, 2.75) is 44.6 Å². The summed E-state index contributed by atoms with van der Waals surface area (Å²) in [5.74, 6) is 1.14. The molecule has 0 radical (unpaired) electrons. The van der Waals surface area contributed by atoms with E-state index in [4.69, 9.17) is 9.47 Å². The van der Waals surface area contributed by atoms with E-state index in [0.717, 1.165) is 11.6 Å². The Kier molecular flexibility index (Phi) is 6.65. The number of aromatic nitrogens is 1. The van der Waals surface area contributed by atoms with Crippen LogP contribution in [-0.2, 0) is 15.7 Å². The number of hydrogen-bond acceptors (Lipinski definition) is 5. The fourth-order valence-electron chi connectivity index (χ4n) is 3.63. The van der Waals surface area contributed by atoms with Gasteiger partial charge in [0.1, 0.15) is 35.3 Å². The summed E-state index contributed by atoms with van der Waals surface area (Å²) in [6, 6.07) is 11.4. The van der Waals surface area contributed by atoms with Crippen molar-refractivity contribution in [3.05, 3.63) is 53.7 Å². The van der Waals surface area contributed by atoms with E-state index in [-0.39, 0.29) is 29.7 Å². The molecule has 1 aromatic carbocycles. The van der Waals surface area contributed by atoms with Crippen molar-refractivity contribution in [2.24, 2.45) is 0 Å². The molecule has 2 aromatic rings.